The number of esters is 1. The van der Waals surface area contributed by atoms with Crippen molar-refractivity contribution in [1.82, 2.24) is 5.43 Å². The SMILES string of the molecule is Cc1ccc(C(=O)Oc2ccc(Br)cc2/C=N\NC(=O)[C@@H](C)Oc2ccc(-c3ccccc3)cc2)cc1. The molecule has 0 aliphatic rings. The molecule has 6 nitrogen and oxygen atoms in total. The maximum atomic E-state index is 12.5. The summed E-state index contributed by atoms with van der Waals surface area (Å²) in [6, 6.07) is 29.8. The van der Waals surface area contributed by atoms with Gasteiger partial charge in [-0.1, -0.05) is 76.1 Å². The predicted octanol–water partition coefficient (Wildman–Crippen LogP) is 6.56. The van der Waals surface area contributed by atoms with E-state index in [9.17, 15) is 9.59 Å². The summed E-state index contributed by atoms with van der Waals surface area (Å²) in [6.07, 6.45) is 0.642. The molecule has 4 rings (SSSR count). The molecule has 0 radical (unpaired) electrons. The van der Waals surface area contributed by atoms with E-state index >= 15 is 0 Å². The lowest BCUT2D eigenvalue weighted by Crippen LogP contribution is -2.33. The number of halogens is 1. The highest BCUT2D eigenvalue weighted by molar-refractivity contribution is 9.10. The lowest BCUT2D eigenvalue weighted by molar-refractivity contribution is -0.127. The number of carbonyl (C=O) groups is 2. The van der Waals surface area contributed by atoms with Crippen LogP contribution >= 0.6 is 15.9 Å². The largest absolute Gasteiger partial charge is 0.481 e. The number of amides is 1. The molecular weight excluding hydrogens is 532 g/mol. The highest BCUT2D eigenvalue weighted by Gasteiger charge is 2.15. The van der Waals surface area contributed by atoms with Crippen molar-refractivity contribution in [1.29, 1.82) is 0 Å². The molecule has 0 saturated heterocycles. The van der Waals surface area contributed by atoms with Gasteiger partial charge in [-0.25, -0.2) is 10.2 Å². The molecule has 37 heavy (non-hydrogen) atoms. The monoisotopic (exact) mass is 556 g/mol. The van der Waals surface area contributed by atoms with Crippen molar-refractivity contribution in [3.63, 3.8) is 0 Å². The highest BCUT2D eigenvalue weighted by Crippen LogP contribution is 2.24. The van der Waals surface area contributed by atoms with E-state index in [1.807, 2.05) is 73.7 Å². The fourth-order valence-corrected chi connectivity index (χ4v) is 3.81. The second-order valence-electron chi connectivity index (χ2n) is 8.32. The molecule has 0 aromatic heterocycles. The molecular formula is C30H25BrN2O4. The molecule has 0 saturated carbocycles. The Labute approximate surface area is 224 Å². The van der Waals surface area contributed by atoms with E-state index in [4.69, 9.17) is 9.47 Å². The third kappa shape index (κ3) is 7.15. The molecule has 0 spiro atoms. The third-order valence-corrected chi connectivity index (χ3v) is 5.98. The number of hydrogen-bond acceptors (Lipinski definition) is 5. The van der Waals surface area contributed by atoms with Crippen LogP contribution in [0.4, 0.5) is 0 Å². The number of nitrogens with zero attached hydrogens (tertiary/aromatic N) is 1. The van der Waals surface area contributed by atoms with Gasteiger partial charge in [0.05, 0.1) is 11.8 Å². The van der Waals surface area contributed by atoms with E-state index in [2.05, 4.69) is 26.5 Å². The minimum Gasteiger partial charge on any atom is -0.481 e. The second kappa shape index (κ2) is 12.1. The fraction of sp³-hybridized carbons (Fsp3) is 0.100. The summed E-state index contributed by atoms with van der Waals surface area (Å²) in [5.41, 5.74) is 6.64. The van der Waals surface area contributed by atoms with Gasteiger partial charge in [-0.2, -0.15) is 5.10 Å². The minimum absolute atomic E-state index is 0.314. The van der Waals surface area contributed by atoms with Crippen molar-refractivity contribution in [2.75, 3.05) is 0 Å². The van der Waals surface area contributed by atoms with Crippen LogP contribution in [0.2, 0.25) is 0 Å². The van der Waals surface area contributed by atoms with Crippen LogP contribution < -0.4 is 14.9 Å². The van der Waals surface area contributed by atoms with E-state index in [1.54, 1.807) is 37.3 Å². The maximum absolute atomic E-state index is 12.5. The zero-order valence-electron chi connectivity index (χ0n) is 20.4. The van der Waals surface area contributed by atoms with Crippen molar-refractivity contribution in [3.8, 4) is 22.6 Å². The van der Waals surface area contributed by atoms with E-state index in [-0.39, 0.29) is 0 Å². The quantitative estimate of drug-likeness (QED) is 0.115. The highest BCUT2D eigenvalue weighted by atomic mass is 79.9. The summed E-state index contributed by atoms with van der Waals surface area (Å²) >= 11 is 3.41. The van der Waals surface area contributed by atoms with E-state index in [1.165, 1.54) is 6.21 Å². The summed E-state index contributed by atoms with van der Waals surface area (Å²) in [5, 5.41) is 4.03. The van der Waals surface area contributed by atoms with Gasteiger partial charge in [-0.15, -0.1) is 0 Å². The smallest absolute Gasteiger partial charge is 0.343 e. The Kier molecular flexibility index (Phi) is 8.48. The zero-order chi connectivity index (χ0) is 26.2. The summed E-state index contributed by atoms with van der Waals surface area (Å²) in [5.74, 6) is -0.0175. The number of nitrogens with one attached hydrogen (secondary N) is 1. The number of hydrazone groups is 1. The average Bonchev–Trinajstić information content (AvgIpc) is 2.91. The Hall–Kier alpha value is -4.23. The first kappa shape index (κ1) is 25.9. The predicted molar refractivity (Wildman–Crippen MR) is 148 cm³/mol. The molecule has 0 heterocycles. The number of rotatable bonds is 8. The summed E-state index contributed by atoms with van der Waals surface area (Å²) in [4.78, 5) is 25.1. The average molecular weight is 557 g/mol. The number of carbonyl (C=O) groups excluding carboxylic acids is 2. The second-order valence-corrected chi connectivity index (χ2v) is 9.24. The molecule has 1 amide bonds. The van der Waals surface area contributed by atoms with Crippen LogP contribution in [0.15, 0.2) is 107 Å². The molecule has 4 aromatic carbocycles. The van der Waals surface area contributed by atoms with Crippen LogP contribution in [-0.2, 0) is 4.79 Å². The molecule has 0 bridgehead atoms. The van der Waals surface area contributed by atoms with Crippen LogP contribution in [-0.4, -0.2) is 24.2 Å². The van der Waals surface area contributed by atoms with Crippen molar-refractivity contribution >= 4 is 34.0 Å². The molecule has 0 aliphatic carbocycles. The van der Waals surface area contributed by atoms with E-state index in [0.29, 0.717) is 22.6 Å². The van der Waals surface area contributed by atoms with Gasteiger partial charge in [-0.05, 0) is 67.4 Å². The van der Waals surface area contributed by atoms with Crippen molar-refractivity contribution < 1.29 is 19.1 Å². The van der Waals surface area contributed by atoms with Gasteiger partial charge < -0.3 is 9.47 Å². The van der Waals surface area contributed by atoms with Crippen molar-refractivity contribution in [2.45, 2.75) is 20.0 Å². The third-order valence-electron chi connectivity index (χ3n) is 5.48. The summed E-state index contributed by atoms with van der Waals surface area (Å²) in [7, 11) is 0. The van der Waals surface area contributed by atoms with Crippen LogP contribution in [0.25, 0.3) is 11.1 Å². The van der Waals surface area contributed by atoms with Gasteiger partial charge in [0.1, 0.15) is 11.5 Å². The van der Waals surface area contributed by atoms with Crippen LogP contribution in [0.1, 0.15) is 28.4 Å². The molecule has 0 aliphatic heterocycles. The molecule has 4 aromatic rings. The van der Waals surface area contributed by atoms with Gasteiger partial charge >= 0.3 is 5.97 Å². The van der Waals surface area contributed by atoms with Crippen LogP contribution in [0.5, 0.6) is 11.5 Å². The van der Waals surface area contributed by atoms with E-state index in [0.717, 1.165) is 21.2 Å². The first-order valence-corrected chi connectivity index (χ1v) is 12.4. The van der Waals surface area contributed by atoms with Gasteiger partial charge in [0, 0.05) is 10.0 Å². The van der Waals surface area contributed by atoms with Crippen LogP contribution in [0, 0.1) is 6.92 Å². The Bertz CT molecular complexity index is 1400. The number of benzene rings is 4. The zero-order valence-corrected chi connectivity index (χ0v) is 21.9. The van der Waals surface area contributed by atoms with Gasteiger partial charge in [0.25, 0.3) is 5.91 Å². The minimum atomic E-state index is -0.777. The Morgan fingerprint density at radius 2 is 1.57 bits per heavy atom. The summed E-state index contributed by atoms with van der Waals surface area (Å²) in [6.45, 7) is 3.59. The van der Waals surface area contributed by atoms with E-state index < -0.39 is 18.0 Å². The first-order valence-electron chi connectivity index (χ1n) is 11.6. The number of ether oxygens (including phenoxy) is 2. The number of aryl methyl sites for hydroxylation is 1. The molecule has 0 unspecified atom stereocenters. The Balaban J connectivity index is 1.36. The van der Waals surface area contributed by atoms with Gasteiger partial charge in [0.2, 0.25) is 0 Å². The molecule has 1 atom stereocenters. The van der Waals surface area contributed by atoms with Crippen LogP contribution in [0.3, 0.4) is 0 Å². The van der Waals surface area contributed by atoms with Crippen molar-refractivity contribution in [2.24, 2.45) is 5.10 Å². The van der Waals surface area contributed by atoms with Crippen molar-refractivity contribution in [3.05, 3.63) is 118 Å². The summed E-state index contributed by atoms with van der Waals surface area (Å²) < 4.78 is 12.1. The molecule has 0 fully saturated rings. The lowest BCUT2D eigenvalue weighted by atomic mass is 10.1. The first-order chi connectivity index (χ1) is 17.9. The topological polar surface area (TPSA) is 77.0 Å². The fourth-order valence-electron chi connectivity index (χ4n) is 3.43. The Morgan fingerprint density at radius 3 is 2.27 bits per heavy atom. The normalized spacial score (nSPS) is 11.6. The molecule has 1 N–H and O–H groups in total. The molecule has 7 heteroatoms. The lowest BCUT2D eigenvalue weighted by Gasteiger charge is -2.13. The van der Waals surface area contributed by atoms with Gasteiger partial charge in [-0.3, -0.25) is 4.79 Å². The van der Waals surface area contributed by atoms with Gasteiger partial charge in [0.15, 0.2) is 6.10 Å². The standard InChI is InChI=1S/C30H25BrN2O4/c1-20-8-10-24(11-9-20)30(35)37-28-17-14-26(31)18-25(28)19-32-33-29(34)21(2)36-27-15-12-23(13-16-27)22-6-4-3-5-7-22/h3-19,21H,1-2H3,(H,33,34)/b32-19-/t21-/m1/s1. The Morgan fingerprint density at radius 1 is 0.892 bits per heavy atom. The maximum Gasteiger partial charge on any atom is 0.343 e. The number of hydrogen-bond donors (Lipinski definition) is 1. The molecule has 186 valence electrons.